The Labute approximate surface area is 110 Å². The van der Waals surface area contributed by atoms with Gasteiger partial charge in [-0.2, -0.15) is 0 Å². The van der Waals surface area contributed by atoms with Crippen LogP contribution in [0.25, 0.3) is 0 Å². The van der Waals surface area contributed by atoms with Gasteiger partial charge in [-0.25, -0.2) is 4.68 Å². The van der Waals surface area contributed by atoms with Crippen LogP contribution in [0.1, 0.15) is 44.5 Å². The number of hydrogen-bond donors (Lipinski definition) is 1. The fraction of sp³-hybridized carbons (Fsp3) is 0.818. The molecule has 98 valence electrons. The third-order valence-electron chi connectivity index (χ3n) is 3.21. The summed E-state index contributed by atoms with van der Waals surface area (Å²) in [6, 6.07) is 0.920. The molecule has 2 aliphatic rings. The van der Waals surface area contributed by atoms with E-state index in [0.29, 0.717) is 17.8 Å². The van der Waals surface area contributed by atoms with Crippen LogP contribution in [-0.2, 0) is 10.5 Å². The highest BCUT2D eigenvalue weighted by Gasteiger charge is 2.29. The van der Waals surface area contributed by atoms with Gasteiger partial charge in [0.2, 0.25) is 5.91 Å². The first kappa shape index (κ1) is 12.0. The molecule has 1 aromatic heterocycles. The van der Waals surface area contributed by atoms with Crippen LogP contribution in [0.5, 0.6) is 0 Å². The standard InChI is InChI=1S/C11H17N5OS/c1-7(11(17)12-8-2-3-8)18-6-10-13-14-15-16(10)9-4-5-9/h7-9H,2-6H2,1H3,(H,12,17). The quantitative estimate of drug-likeness (QED) is 0.829. The molecule has 7 heteroatoms. The van der Waals surface area contributed by atoms with Gasteiger partial charge in [0.1, 0.15) is 0 Å². The Morgan fingerprint density at radius 3 is 2.94 bits per heavy atom. The summed E-state index contributed by atoms with van der Waals surface area (Å²) in [5, 5.41) is 14.7. The lowest BCUT2D eigenvalue weighted by atomic mass is 10.4. The highest BCUT2D eigenvalue weighted by atomic mass is 32.2. The van der Waals surface area contributed by atoms with E-state index >= 15 is 0 Å². The second kappa shape index (κ2) is 4.87. The highest BCUT2D eigenvalue weighted by Crippen LogP contribution is 2.35. The molecule has 2 aliphatic carbocycles. The first-order valence-electron chi connectivity index (χ1n) is 6.43. The molecule has 0 saturated heterocycles. The Balaban J connectivity index is 1.50. The van der Waals surface area contributed by atoms with Crippen molar-refractivity contribution >= 4 is 17.7 Å². The van der Waals surface area contributed by atoms with Gasteiger partial charge in [0, 0.05) is 6.04 Å². The first-order chi connectivity index (χ1) is 8.74. The average Bonchev–Trinajstić information content (AvgIpc) is 3.28. The summed E-state index contributed by atoms with van der Waals surface area (Å²) in [6.45, 7) is 1.94. The summed E-state index contributed by atoms with van der Waals surface area (Å²) in [5.74, 6) is 1.71. The zero-order valence-corrected chi connectivity index (χ0v) is 11.2. The summed E-state index contributed by atoms with van der Waals surface area (Å²) in [7, 11) is 0. The van der Waals surface area contributed by atoms with Crippen molar-refractivity contribution in [1.82, 2.24) is 25.5 Å². The summed E-state index contributed by atoms with van der Waals surface area (Å²) in [6.07, 6.45) is 4.59. The number of aromatic nitrogens is 4. The van der Waals surface area contributed by atoms with Crippen molar-refractivity contribution < 1.29 is 4.79 Å². The van der Waals surface area contributed by atoms with Gasteiger partial charge in [0.25, 0.3) is 0 Å². The molecule has 1 N–H and O–H groups in total. The van der Waals surface area contributed by atoms with E-state index in [2.05, 4.69) is 20.8 Å². The number of thioether (sulfide) groups is 1. The molecule has 1 atom stereocenters. The van der Waals surface area contributed by atoms with Gasteiger partial charge >= 0.3 is 0 Å². The van der Waals surface area contributed by atoms with Crippen LogP contribution in [-0.4, -0.2) is 37.4 Å². The van der Waals surface area contributed by atoms with Gasteiger partial charge in [-0.05, 0) is 43.0 Å². The van der Waals surface area contributed by atoms with Crippen LogP contribution in [0, 0.1) is 0 Å². The van der Waals surface area contributed by atoms with Crippen molar-refractivity contribution in [2.45, 2.75) is 55.7 Å². The monoisotopic (exact) mass is 267 g/mol. The number of nitrogens with one attached hydrogen (secondary N) is 1. The predicted molar refractivity (Wildman–Crippen MR) is 68.0 cm³/mol. The Kier molecular flexibility index (Phi) is 3.23. The van der Waals surface area contributed by atoms with E-state index in [9.17, 15) is 4.79 Å². The minimum absolute atomic E-state index is 0.0463. The van der Waals surface area contributed by atoms with Gasteiger partial charge in [-0.1, -0.05) is 0 Å². The van der Waals surface area contributed by atoms with E-state index in [4.69, 9.17) is 0 Å². The molecule has 6 nitrogen and oxygen atoms in total. The minimum Gasteiger partial charge on any atom is -0.352 e. The predicted octanol–water partition coefficient (Wildman–Crippen LogP) is 0.908. The molecule has 18 heavy (non-hydrogen) atoms. The lowest BCUT2D eigenvalue weighted by Crippen LogP contribution is -2.32. The molecule has 0 aromatic carbocycles. The zero-order valence-electron chi connectivity index (χ0n) is 10.4. The molecule has 2 saturated carbocycles. The van der Waals surface area contributed by atoms with Crippen LogP contribution >= 0.6 is 11.8 Å². The highest BCUT2D eigenvalue weighted by molar-refractivity contribution is 7.99. The molecule has 0 spiro atoms. The third-order valence-corrected chi connectivity index (χ3v) is 4.35. The van der Waals surface area contributed by atoms with Gasteiger partial charge in [-0.3, -0.25) is 4.79 Å². The molecular weight excluding hydrogens is 250 g/mol. The summed E-state index contributed by atoms with van der Waals surface area (Å²) in [4.78, 5) is 11.8. The Bertz CT molecular complexity index is 440. The van der Waals surface area contributed by atoms with Gasteiger partial charge in [0.05, 0.1) is 17.0 Å². The minimum atomic E-state index is -0.0463. The van der Waals surface area contributed by atoms with Crippen LogP contribution in [0.4, 0.5) is 0 Å². The molecule has 1 heterocycles. The van der Waals surface area contributed by atoms with Crippen LogP contribution in [0.15, 0.2) is 0 Å². The molecule has 0 aliphatic heterocycles. The molecule has 1 unspecified atom stereocenters. The number of carbonyl (C=O) groups is 1. The van der Waals surface area contributed by atoms with Crippen molar-refractivity contribution in [3.63, 3.8) is 0 Å². The van der Waals surface area contributed by atoms with E-state index in [-0.39, 0.29) is 11.2 Å². The number of tetrazole rings is 1. The maximum Gasteiger partial charge on any atom is 0.233 e. The van der Waals surface area contributed by atoms with Gasteiger partial charge in [-0.15, -0.1) is 16.9 Å². The first-order valence-corrected chi connectivity index (χ1v) is 7.47. The topological polar surface area (TPSA) is 72.7 Å². The number of hydrogen-bond acceptors (Lipinski definition) is 5. The molecule has 2 fully saturated rings. The Hall–Kier alpha value is -1.11. The van der Waals surface area contributed by atoms with Crippen molar-refractivity contribution in [3.8, 4) is 0 Å². The lowest BCUT2D eigenvalue weighted by molar-refractivity contribution is -0.120. The van der Waals surface area contributed by atoms with Gasteiger partial charge in [0.15, 0.2) is 5.82 Å². The van der Waals surface area contributed by atoms with Crippen molar-refractivity contribution in [2.24, 2.45) is 0 Å². The number of carbonyl (C=O) groups excluding carboxylic acids is 1. The SMILES string of the molecule is CC(SCc1nnnn1C1CC1)C(=O)NC1CC1. The van der Waals surface area contributed by atoms with Crippen LogP contribution in [0.2, 0.25) is 0 Å². The molecule has 0 radical (unpaired) electrons. The van der Waals surface area contributed by atoms with E-state index < -0.39 is 0 Å². The number of rotatable bonds is 6. The molecular formula is C11H17N5OS. The second-order valence-corrected chi connectivity index (χ2v) is 6.34. The summed E-state index contributed by atoms with van der Waals surface area (Å²) >= 11 is 1.60. The Morgan fingerprint density at radius 1 is 1.50 bits per heavy atom. The molecule has 0 bridgehead atoms. The lowest BCUT2D eigenvalue weighted by Gasteiger charge is -2.11. The largest absolute Gasteiger partial charge is 0.352 e. The maximum atomic E-state index is 11.8. The van der Waals surface area contributed by atoms with Gasteiger partial charge < -0.3 is 5.32 Å². The summed E-state index contributed by atoms with van der Waals surface area (Å²) in [5.41, 5.74) is 0. The van der Waals surface area contributed by atoms with Crippen LogP contribution < -0.4 is 5.32 Å². The number of nitrogens with zero attached hydrogens (tertiary/aromatic N) is 4. The smallest absolute Gasteiger partial charge is 0.233 e. The Morgan fingerprint density at radius 2 is 2.28 bits per heavy atom. The van der Waals surface area contributed by atoms with Crippen molar-refractivity contribution in [3.05, 3.63) is 5.82 Å². The fourth-order valence-electron chi connectivity index (χ4n) is 1.73. The van der Waals surface area contributed by atoms with E-state index in [1.165, 1.54) is 12.8 Å². The fourth-order valence-corrected chi connectivity index (χ4v) is 2.54. The molecule has 1 amide bonds. The van der Waals surface area contributed by atoms with Crippen molar-refractivity contribution in [1.29, 1.82) is 0 Å². The van der Waals surface area contributed by atoms with Crippen LogP contribution in [0.3, 0.4) is 0 Å². The van der Waals surface area contributed by atoms with Crippen molar-refractivity contribution in [2.75, 3.05) is 0 Å². The molecule has 3 rings (SSSR count). The third kappa shape index (κ3) is 2.82. The normalized spacial score (nSPS) is 20.7. The second-order valence-electron chi connectivity index (χ2n) is 5.01. The van der Waals surface area contributed by atoms with E-state index in [1.54, 1.807) is 11.8 Å². The maximum absolute atomic E-state index is 11.8. The summed E-state index contributed by atoms with van der Waals surface area (Å²) < 4.78 is 1.90. The number of amides is 1. The molecule has 1 aromatic rings. The average molecular weight is 267 g/mol. The van der Waals surface area contributed by atoms with E-state index in [1.807, 2.05) is 11.6 Å². The van der Waals surface area contributed by atoms with E-state index in [0.717, 1.165) is 18.7 Å². The zero-order chi connectivity index (χ0) is 12.5.